The van der Waals surface area contributed by atoms with Crippen LogP contribution in [-0.4, -0.2) is 66.4 Å². The van der Waals surface area contributed by atoms with Crippen molar-refractivity contribution in [3.63, 3.8) is 0 Å². The van der Waals surface area contributed by atoms with E-state index in [1.54, 1.807) is 28.4 Å². The van der Waals surface area contributed by atoms with Gasteiger partial charge in [-0.1, -0.05) is 23.8 Å². The molecular weight excluding hydrogens is 392 g/mol. The molecule has 2 rings (SSSR count). The standard InChI is InChI=1S/C24H36N4O3/c1-17-8-10-21(29-5)19(14-17)12-13-26-24(25-2)27-16-20(28(3)4)18-9-11-22(30-6)23(15-18)31-7/h8-11,14-15,20H,12-13,16H2,1-7H3,(H2,25,26,27). The number of nitrogens with one attached hydrogen (secondary N) is 2. The highest BCUT2D eigenvalue weighted by Crippen LogP contribution is 2.31. The lowest BCUT2D eigenvalue weighted by molar-refractivity contribution is 0.295. The fourth-order valence-corrected chi connectivity index (χ4v) is 3.49. The first-order valence-corrected chi connectivity index (χ1v) is 10.4. The second kappa shape index (κ2) is 12.1. The number of aryl methyl sites for hydroxylation is 1. The quantitative estimate of drug-likeness (QED) is 0.448. The van der Waals surface area contributed by atoms with Crippen molar-refractivity contribution >= 4 is 5.96 Å². The van der Waals surface area contributed by atoms with E-state index in [4.69, 9.17) is 14.2 Å². The Labute approximate surface area is 186 Å². The number of likely N-dealkylation sites (N-methyl/N-ethyl adjacent to an activating group) is 1. The minimum absolute atomic E-state index is 0.134. The first-order chi connectivity index (χ1) is 14.9. The van der Waals surface area contributed by atoms with Crippen molar-refractivity contribution in [1.29, 1.82) is 0 Å². The minimum Gasteiger partial charge on any atom is -0.496 e. The largest absolute Gasteiger partial charge is 0.496 e. The molecule has 0 aliphatic rings. The maximum absolute atomic E-state index is 5.48. The lowest BCUT2D eigenvalue weighted by Gasteiger charge is -2.26. The van der Waals surface area contributed by atoms with E-state index in [0.717, 1.165) is 41.7 Å². The highest BCUT2D eigenvalue weighted by Gasteiger charge is 2.17. The molecule has 0 radical (unpaired) electrons. The Balaban J connectivity index is 1.99. The lowest BCUT2D eigenvalue weighted by Crippen LogP contribution is -2.42. The number of aliphatic imine (C=N–C) groups is 1. The van der Waals surface area contributed by atoms with Gasteiger partial charge in [-0.25, -0.2) is 0 Å². The fourth-order valence-electron chi connectivity index (χ4n) is 3.49. The van der Waals surface area contributed by atoms with Crippen LogP contribution in [0.2, 0.25) is 0 Å². The summed E-state index contributed by atoms with van der Waals surface area (Å²) in [6, 6.07) is 12.4. The molecule has 0 fully saturated rings. The number of methoxy groups -OCH3 is 3. The Morgan fingerprint density at radius 3 is 2.23 bits per heavy atom. The third kappa shape index (κ3) is 6.79. The zero-order valence-electron chi connectivity index (χ0n) is 19.8. The van der Waals surface area contributed by atoms with Gasteiger partial charge in [0.25, 0.3) is 0 Å². The van der Waals surface area contributed by atoms with Crippen LogP contribution >= 0.6 is 0 Å². The van der Waals surface area contributed by atoms with Gasteiger partial charge in [0.15, 0.2) is 17.5 Å². The summed E-state index contributed by atoms with van der Waals surface area (Å²) in [4.78, 5) is 6.53. The van der Waals surface area contributed by atoms with Gasteiger partial charge in [0, 0.05) is 20.1 Å². The molecule has 0 saturated carbocycles. The van der Waals surface area contributed by atoms with Crippen LogP contribution in [0, 0.1) is 6.92 Å². The van der Waals surface area contributed by atoms with Crippen LogP contribution in [0.5, 0.6) is 17.2 Å². The van der Waals surface area contributed by atoms with Crippen molar-refractivity contribution in [3.05, 3.63) is 53.1 Å². The number of ether oxygens (including phenoxy) is 3. The molecule has 0 spiro atoms. The molecule has 1 unspecified atom stereocenters. The first kappa shape index (κ1) is 24.3. The summed E-state index contributed by atoms with van der Waals surface area (Å²) in [6.45, 7) is 3.53. The van der Waals surface area contributed by atoms with E-state index in [0.29, 0.717) is 6.54 Å². The second-order valence-corrected chi connectivity index (χ2v) is 7.54. The number of guanidine groups is 1. The molecule has 7 nitrogen and oxygen atoms in total. The first-order valence-electron chi connectivity index (χ1n) is 10.4. The normalized spacial score (nSPS) is 12.5. The van der Waals surface area contributed by atoms with Crippen LogP contribution in [-0.2, 0) is 6.42 Å². The Morgan fingerprint density at radius 2 is 1.61 bits per heavy atom. The third-order valence-electron chi connectivity index (χ3n) is 5.22. The molecule has 0 amide bonds. The molecule has 0 heterocycles. The smallest absolute Gasteiger partial charge is 0.191 e. The average Bonchev–Trinajstić information content (AvgIpc) is 2.77. The predicted octanol–water partition coefficient (Wildman–Crippen LogP) is 3.03. The molecule has 0 aliphatic heterocycles. The van der Waals surface area contributed by atoms with E-state index >= 15 is 0 Å². The Kier molecular flexibility index (Phi) is 9.46. The van der Waals surface area contributed by atoms with E-state index in [1.807, 2.05) is 18.2 Å². The SMILES string of the molecule is CN=C(NCCc1cc(C)ccc1OC)NCC(c1ccc(OC)c(OC)c1)N(C)C. The van der Waals surface area contributed by atoms with E-state index < -0.39 is 0 Å². The van der Waals surface area contributed by atoms with Gasteiger partial charge in [-0.05, 0) is 56.8 Å². The summed E-state index contributed by atoms with van der Waals surface area (Å²) in [6.07, 6.45) is 0.846. The molecular formula is C24H36N4O3. The van der Waals surface area contributed by atoms with E-state index in [1.165, 1.54) is 11.1 Å². The van der Waals surface area contributed by atoms with Crippen molar-refractivity contribution in [2.24, 2.45) is 4.99 Å². The number of nitrogens with zero attached hydrogens (tertiary/aromatic N) is 2. The van der Waals surface area contributed by atoms with Crippen LogP contribution in [0.25, 0.3) is 0 Å². The van der Waals surface area contributed by atoms with Crippen molar-refractivity contribution in [3.8, 4) is 17.2 Å². The number of hydrogen-bond donors (Lipinski definition) is 2. The highest BCUT2D eigenvalue weighted by molar-refractivity contribution is 5.79. The van der Waals surface area contributed by atoms with Gasteiger partial charge in [-0.15, -0.1) is 0 Å². The Morgan fingerprint density at radius 1 is 0.935 bits per heavy atom. The molecule has 170 valence electrons. The van der Waals surface area contributed by atoms with Crippen LogP contribution in [0.15, 0.2) is 41.4 Å². The maximum atomic E-state index is 5.48. The molecule has 2 N–H and O–H groups in total. The summed E-state index contributed by atoms with van der Waals surface area (Å²) in [5, 5.41) is 6.83. The lowest BCUT2D eigenvalue weighted by atomic mass is 10.1. The van der Waals surface area contributed by atoms with Gasteiger partial charge in [0.2, 0.25) is 0 Å². The van der Waals surface area contributed by atoms with Crippen LogP contribution in [0.3, 0.4) is 0 Å². The number of rotatable bonds is 10. The monoisotopic (exact) mass is 428 g/mol. The summed E-state index contributed by atoms with van der Waals surface area (Å²) in [5.74, 6) is 3.12. The summed E-state index contributed by atoms with van der Waals surface area (Å²) in [5.41, 5.74) is 3.54. The minimum atomic E-state index is 0.134. The van der Waals surface area contributed by atoms with E-state index in [2.05, 4.69) is 59.7 Å². The van der Waals surface area contributed by atoms with E-state index in [9.17, 15) is 0 Å². The maximum Gasteiger partial charge on any atom is 0.191 e. The van der Waals surface area contributed by atoms with Crippen LogP contribution in [0.1, 0.15) is 22.7 Å². The molecule has 0 bridgehead atoms. The van der Waals surface area contributed by atoms with Gasteiger partial charge >= 0.3 is 0 Å². The third-order valence-corrected chi connectivity index (χ3v) is 5.22. The Hall–Kier alpha value is -2.93. The van der Waals surface area contributed by atoms with Crippen molar-refractivity contribution < 1.29 is 14.2 Å². The van der Waals surface area contributed by atoms with Gasteiger partial charge in [0.1, 0.15) is 5.75 Å². The van der Waals surface area contributed by atoms with Gasteiger partial charge < -0.3 is 29.7 Å². The van der Waals surface area contributed by atoms with E-state index in [-0.39, 0.29) is 6.04 Å². The van der Waals surface area contributed by atoms with Crippen molar-refractivity contribution in [2.45, 2.75) is 19.4 Å². The van der Waals surface area contributed by atoms with Crippen LogP contribution in [0.4, 0.5) is 0 Å². The van der Waals surface area contributed by atoms with Gasteiger partial charge in [-0.2, -0.15) is 0 Å². The molecule has 0 aliphatic carbocycles. The van der Waals surface area contributed by atoms with Gasteiger partial charge in [-0.3, -0.25) is 4.99 Å². The number of hydrogen-bond acceptors (Lipinski definition) is 5. The fraction of sp³-hybridized carbons (Fsp3) is 0.458. The van der Waals surface area contributed by atoms with Crippen LogP contribution < -0.4 is 24.8 Å². The summed E-state index contributed by atoms with van der Waals surface area (Å²) >= 11 is 0. The average molecular weight is 429 g/mol. The number of benzene rings is 2. The highest BCUT2D eigenvalue weighted by atomic mass is 16.5. The zero-order chi connectivity index (χ0) is 22.8. The predicted molar refractivity (Wildman–Crippen MR) is 127 cm³/mol. The molecule has 7 heteroatoms. The molecule has 0 aromatic heterocycles. The molecule has 1 atom stereocenters. The van der Waals surface area contributed by atoms with Gasteiger partial charge in [0.05, 0.1) is 27.4 Å². The second-order valence-electron chi connectivity index (χ2n) is 7.54. The molecule has 2 aromatic carbocycles. The van der Waals surface area contributed by atoms with Crippen molar-refractivity contribution in [1.82, 2.24) is 15.5 Å². The topological polar surface area (TPSA) is 67.4 Å². The molecule has 2 aromatic rings. The molecule has 31 heavy (non-hydrogen) atoms. The van der Waals surface area contributed by atoms with Crippen molar-refractivity contribution in [2.75, 3.05) is 55.6 Å². The summed E-state index contributed by atoms with van der Waals surface area (Å²) in [7, 11) is 10.9. The summed E-state index contributed by atoms with van der Waals surface area (Å²) < 4.78 is 16.3. The Bertz CT molecular complexity index is 868. The zero-order valence-corrected chi connectivity index (χ0v) is 19.8. The molecule has 0 saturated heterocycles.